The summed E-state index contributed by atoms with van der Waals surface area (Å²) in [6.45, 7) is 2.78. The van der Waals surface area contributed by atoms with Gasteiger partial charge in [0.25, 0.3) is 0 Å². The van der Waals surface area contributed by atoms with Crippen LogP contribution in [-0.2, 0) is 0 Å². The summed E-state index contributed by atoms with van der Waals surface area (Å²) in [5.41, 5.74) is 0.883. The van der Waals surface area contributed by atoms with Crippen LogP contribution >= 0.6 is 0 Å². The van der Waals surface area contributed by atoms with Gasteiger partial charge >= 0.3 is 0 Å². The van der Waals surface area contributed by atoms with Gasteiger partial charge in [0.05, 0.1) is 6.10 Å². The highest BCUT2D eigenvalue weighted by Gasteiger charge is 2.17. The Morgan fingerprint density at radius 2 is 1.90 bits per heavy atom. The fraction of sp³-hybridized carbons (Fsp3) is 0.625. The number of nitrogens with one attached hydrogen (secondary N) is 1. The molecule has 1 aromatic carbocycles. The quantitative estimate of drug-likeness (QED) is 0.867. The standard InChI is InChI=1S/C16H23NO3/c18-14(11-17-10-12-3-1-2-4-12)13-5-6-15-16(9-13)20-8-7-19-15/h5-6,9,12,14,17-18H,1-4,7-8,10-11H2. The first-order valence-corrected chi connectivity index (χ1v) is 7.61. The fourth-order valence-electron chi connectivity index (χ4n) is 3.02. The van der Waals surface area contributed by atoms with Gasteiger partial charge in [-0.1, -0.05) is 18.9 Å². The summed E-state index contributed by atoms with van der Waals surface area (Å²) in [6, 6.07) is 5.68. The first kappa shape index (κ1) is 13.7. The van der Waals surface area contributed by atoms with Crippen molar-refractivity contribution >= 4 is 0 Å². The summed E-state index contributed by atoms with van der Waals surface area (Å²) < 4.78 is 11.0. The number of hydrogen-bond donors (Lipinski definition) is 2. The maximum atomic E-state index is 10.2. The van der Waals surface area contributed by atoms with Crippen molar-refractivity contribution in [1.29, 1.82) is 0 Å². The van der Waals surface area contributed by atoms with E-state index < -0.39 is 6.10 Å². The Morgan fingerprint density at radius 3 is 2.70 bits per heavy atom. The zero-order valence-electron chi connectivity index (χ0n) is 11.8. The number of rotatable bonds is 5. The Balaban J connectivity index is 1.52. The number of benzene rings is 1. The van der Waals surface area contributed by atoms with Crippen LogP contribution < -0.4 is 14.8 Å². The van der Waals surface area contributed by atoms with Crippen LogP contribution in [0.15, 0.2) is 18.2 Å². The number of ether oxygens (including phenoxy) is 2. The van der Waals surface area contributed by atoms with Gasteiger partial charge in [-0.25, -0.2) is 0 Å². The fourth-order valence-corrected chi connectivity index (χ4v) is 3.02. The second kappa shape index (κ2) is 6.46. The van der Waals surface area contributed by atoms with E-state index in [0.717, 1.165) is 29.5 Å². The molecule has 1 atom stereocenters. The van der Waals surface area contributed by atoms with E-state index in [0.29, 0.717) is 19.8 Å². The van der Waals surface area contributed by atoms with E-state index in [1.807, 2.05) is 18.2 Å². The van der Waals surface area contributed by atoms with E-state index >= 15 is 0 Å². The molecule has 1 aliphatic carbocycles. The van der Waals surface area contributed by atoms with Crippen molar-refractivity contribution in [3.63, 3.8) is 0 Å². The predicted octanol–water partition coefficient (Wildman–Crippen LogP) is 2.27. The van der Waals surface area contributed by atoms with Gasteiger partial charge < -0.3 is 19.9 Å². The van der Waals surface area contributed by atoms with Crippen molar-refractivity contribution in [2.45, 2.75) is 31.8 Å². The van der Waals surface area contributed by atoms with Crippen molar-refractivity contribution < 1.29 is 14.6 Å². The van der Waals surface area contributed by atoms with Crippen LogP contribution in [0.5, 0.6) is 11.5 Å². The van der Waals surface area contributed by atoms with Crippen molar-refractivity contribution in [3.8, 4) is 11.5 Å². The Morgan fingerprint density at radius 1 is 1.15 bits per heavy atom. The average Bonchev–Trinajstić information content (AvgIpc) is 3.00. The number of aliphatic hydroxyl groups excluding tert-OH is 1. The topological polar surface area (TPSA) is 50.7 Å². The SMILES string of the molecule is OC(CNCC1CCCC1)c1ccc2c(c1)OCCO2. The molecule has 0 amide bonds. The molecule has 110 valence electrons. The first-order chi connectivity index (χ1) is 9.83. The van der Waals surface area contributed by atoms with E-state index in [1.165, 1.54) is 25.7 Å². The summed E-state index contributed by atoms with van der Waals surface area (Å²) in [6.07, 6.45) is 4.88. The van der Waals surface area contributed by atoms with Crippen molar-refractivity contribution in [1.82, 2.24) is 5.32 Å². The van der Waals surface area contributed by atoms with E-state index in [9.17, 15) is 5.11 Å². The lowest BCUT2D eigenvalue weighted by Crippen LogP contribution is -2.26. The van der Waals surface area contributed by atoms with Crippen molar-refractivity contribution in [2.75, 3.05) is 26.3 Å². The van der Waals surface area contributed by atoms with Crippen molar-refractivity contribution in [3.05, 3.63) is 23.8 Å². The molecule has 1 saturated carbocycles. The number of aliphatic hydroxyl groups is 1. The molecular formula is C16H23NO3. The predicted molar refractivity (Wildman–Crippen MR) is 77.2 cm³/mol. The Kier molecular flexibility index (Phi) is 4.43. The zero-order valence-corrected chi connectivity index (χ0v) is 11.8. The van der Waals surface area contributed by atoms with Gasteiger partial charge in [0, 0.05) is 6.54 Å². The average molecular weight is 277 g/mol. The van der Waals surface area contributed by atoms with Gasteiger partial charge in [-0.2, -0.15) is 0 Å². The molecule has 1 unspecified atom stereocenters. The lowest BCUT2D eigenvalue weighted by molar-refractivity contribution is 0.162. The summed E-state index contributed by atoms with van der Waals surface area (Å²) >= 11 is 0. The monoisotopic (exact) mass is 277 g/mol. The van der Waals surface area contributed by atoms with Crippen LogP contribution in [0.2, 0.25) is 0 Å². The Labute approximate surface area is 120 Å². The summed E-state index contributed by atoms with van der Waals surface area (Å²) in [5, 5.41) is 13.6. The maximum Gasteiger partial charge on any atom is 0.161 e. The Bertz CT molecular complexity index is 443. The molecule has 1 heterocycles. The normalized spacial score (nSPS) is 20.1. The summed E-state index contributed by atoms with van der Waals surface area (Å²) in [4.78, 5) is 0. The molecule has 0 radical (unpaired) electrons. The molecule has 1 fully saturated rings. The molecule has 1 aliphatic heterocycles. The molecule has 0 aromatic heterocycles. The van der Waals surface area contributed by atoms with Gasteiger partial charge in [0.15, 0.2) is 11.5 Å². The molecule has 20 heavy (non-hydrogen) atoms. The lowest BCUT2D eigenvalue weighted by Gasteiger charge is -2.20. The third-order valence-corrected chi connectivity index (χ3v) is 4.20. The van der Waals surface area contributed by atoms with Crippen LogP contribution in [0.3, 0.4) is 0 Å². The van der Waals surface area contributed by atoms with Gasteiger partial charge in [0.1, 0.15) is 13.2 Å². The molecule has 0 spiro atoms. The van der Waals surface area contributed by atoms with Gasteiger partial charge in [-0.05, 0) is 43.0 Å². The van der Waals surface area contributed by atoms with Crippen LogP contribution in [-0.4, -0.2) is 31.4 Å². The van der Waals surface area contributed by atoms with Crippen molar-refractivity contribution in [2.24, 2.45) is 5.92 Å². The zero-order chi connectivity index (χ0) is 13.8. The minimum absolute atomic E-state index is 0.493. The molecule has 3 rings (SSSR count). The molecule has 1 aromatic rings. The summed E-state index contributed by atoms with van der Waals surface area (Å²) in [7, 11) is 0. The first-order valence-electron chi connectivity index (χ1n) is 7.61. The molecule has 4 nitrogen and oxygen atoms in total. The third kappa shape index (κ3) is 3.25. The smallest absolute Gasteiger partial charge is 0.161 e. The molecule has 0 saturated heterocycles. The molecule has 2 aliphatic rings. The number of hydrogen-bond acceptors (Lipinski definition) is 4. The van der Waals surface area contributed by atoms with Gasteiger partial charge in [-0.15, -0.1) is 0 Å². The molecule has 2 N–H and O–H groups in total. The minimum atomic E-state index is -0.493. The third-order valence-electron chi connectivity index (χ3n) is 4.20. The minimum Gasteiger partial charge on any atom is -0.486 e. The molecular weight excluding hydrogens is 254 g/mol. The molecule has 4 heteroatoms. The van der Waals surface area contributed by atoms with E-state index in [1.54, 1.807) is 0 Å². The van der Waals surface area contributed by atoms with E-state index in [2.05, 4.69) is 5.32 Å². The van der Waals surface area contributed by atoms with Crippen LogP contribution in [0, 0.1) is 5.92 Å². The van der Waals surface area contributed by atoms with Gasteiger partial charge in [-0.3, -0.25) is 0 Å². The summed E-state index contributed by atoms with van der Waals surface area (Å²) in [5.74, 6) is 2.30. The highest BCUT2D eigenvalue weighted by molar-refractivity contribution is 5.44. The second-order valence-electron chi connectivity index (χ2n) is 5.73. The van der Waals surface area contributed by atoms with E-state index in [-0.39, 0.29) is 0 Å². The maximum absolute atomic E-state index is 10.2. The lowest BCUT2D eigenvalue weighted by atomic mass is 10.1. The second-order valence-corrected chi connectivity index (χ2v) is 5.73. The Hall–Kier alpha value is -1.26. The van der Waals surface area contributed by atoms with Crippen LogP contribution in [0.1, 0.15) is 37.4 Å². The highest BCUT2D eigenvalue weighted by Crippen LogP contribution is 2.32. The largest absolute Gasteiger partial charge is 0.486 e. The van der Waals surface area contributed by atoms with Gasteiger partial charge in [0.2, 0.25) is 0 Å². The highest BCUT2D eigenvalue weighted by atomic mass is 16.6. The van der Waals surface area contributed by atoms with Crippen LogP contribution in [0.25, 0.3) is 0 Å². The molecule has 0 bridgehead atoms. The number of fused-ring (bicyclic) bond motifs is 1. The van der Waals surface area contributed by atoms with E-state index in [4.69, 9.17) is 9.47 Å². The van der Waals surface area contributed by atoms with Crippen LogP contribution in [0.4, 0.5) is 0 Å².